The van der Waals surface area contributed by atoms with E-state index in [-0.39, 0.29) is 12.5 Å². The summed E-state index contributed by atoms with van der Waals surface area (Å²) in [5.41, 5.74) is 0. The minimum atomic E-state index is -0.797. The smallest absolute Gasteiger partial charge is 0.303 e. The maximum atomic E-state index is 10.5. The van der Waals surface area contributed by atoms with Crippen LogP contribution in [-0.2, 0) is 20.1 Å². The van der Waals surface area contributed by atoms with Crippen LogP contribution in [-0.4, -0.2) is 23.8 Å². The van der Waals surface area contributed by atoms with Crippen LogP contribution < -0.4 is 0 Å². The third kappa shape index (κ3) is 2.86. The summed E-state index contributed by atoms with van der Waals surface area (Å²) in [5.74, 6) is -1.50. The van der Waals surface area contributed by atoms with Gasteiger partial charge in [0.25, 0.3) is 0 Å². The zero-order chi connectivity index (χ0) is 12.5. The predicted molar refractivity (Wildman–Crippen MR) is 64.1 cm³/mol. The Hall–Kier alpha value is -0.910. The van der Waals surface area contributed by atoms with Crippen molar-refractivity contribution in [2.45, 2.75) is 38.6 Å². The lowest BCUT2D eigenvalue weighted by molar-refractivity contribution is -0.161. The molecule has 5 heteroatoms. The Morgan fingerprint density at radius 3 is 3.00 bits per heavy atom. The molecular weight excluding hydrogens is 240 g/mol. The molecule has 1 saturated heterocycles. The molecule has 0 amide bonds. The molecule has 2 unspecified atom stereocenters. The minimum absolute atomic E-state index is 0.119. The van der Waals surface area contributed by atoms with Crippen LogP contribution in [0.5, 0.6) is 0 Å². The van der Waals surface area contributed by atoms with Crippen LogP contribution in [0.3, 0.4) is 0 Å². The molecule has 0 saturated carbocycles. The first-order valence-corrected chi connectivity index (χ1v) is 6.42. The first-order valence-electron chi connectivity index (χ1n) is 5.60. The second kappa shape index (κ2) is 4.76. The number of hydrogen-bond acceptors (Lipinski definition) is 4. The minimum Gasteiger partial charge on any atom is -0.481 e. The van der Waals surface area contributed by atoms with Crippen LogP contribution in [0.15, 0.2) is 12.1 Å². The summed E-state index contributed by atoms with van der Waals surface area (Å²) < 4.78 is 11.5. The van der Waals surface area contributed by atoms with E-state index in [1.165, 1.54) is 4.88 Å². The van der Waals surface area contributed by atoms with E-state index in [0.29, 0.717) is 13.0 Å². The van der Waals surface area contributed by atoms with E-state index in [1.807, 2.05) is 26.0 Å². The molecule has 2 heterocycles. The zero-order valence-corrected chi connectivity index (χ0v) is 10.8. The van der Waals surface area contributed by atoms with Crippen molar-refractivity contribution in [1.29, 1.82) is 0 Å². The van der Waals surface area contributed by atoms with Gasteiger partial charge in [-0.25, -0.2) is 0 Å². The Morgan fingerprint density at radius 1 is 1.65 bits per heavy atom. The Morgan fingerprint density at radius 2 is 2.41 bits per heavy atom. The van der Waals surface area contributed by atoms with E-state index in [0.717, 1.165) is 4.88 Å². The lowest BCUT2D eigenvalue weighted by atomic mass is 10.2. The highest BCUT2D eigenvalue weighted by molar-refractivity contribution is 7.12. The molecule has 17 heavy (non-hydrogen) atoms. The van der Waals surface area contributed by atoms with Crippen molar-refractivity contribution in [3.05, 3.63) is 21.9 Å². The summed E-state index contributed by atoms with van der Waals surface area (Å²) >= 11 is 1.64. The molecule has 1 aliphatic rings. The van der Waals surface area contributed by atoms with Crippen molar-refractivity contribution in [2.75, 3.05) is 6.61 Å². The van der Waals surface area contributed by atoms with Gasteiger partial charge in [0.05, 0.1) is 17.6 Å². The average Bonchev–Trinajstić information content (AvgIpc) is 2.83. The van der Waals surface area contributed by atoms with Gasteiger partial charge < -0.3 is 14.6 Å². The number of aryl methyl sites for hydroxylation is 1. The first-order chi connectivity index (χ1) is 7.99. The SMILES string of the molecule is Cc1ccc(C2(C)OCC(CCC(=O)O)O2)s1. The molecular formula is C12H16O4S. The molecule has 1 fully saturated rings. The van der Waals surface area contributed by atoms with E-state index in [2.05, 4.69) is 0 Å². The lowest BCUT2D eigenvalue weighted by Crippen LogP contribution is -2.22. The molecule has 2 atom stereocenters. The molecule has 2 rings (SSSR count). The third-order valence-corrected chi connectivity index (χ3v) is 3.99. The maximum Gasteiger partial charge on any atom is 0.303 e. The number of thiophene rings is 1. The van der Waals surface area contributed by atoms with Crippen molar-refractivity contribution in [3.63, 3.8) is 0 Å². The Bertz CT molecular complexity index is 414. The van der Waals surface area contributed by atoms with Crippen molar-refractivity contribution in [3.8, 4) is 0 Å². The van der Waals surface area contributed by atoms with Crippen LogP contribution in [0.4, 0.5) is 0 Å². The maximum absolute atomic E-state index is 10.5. The van der Waals surface area contributed by atoms with Gasteiger partial charge in [-0.2, -0.15) is 0 Å². The molecule has 0 radical (unpaired) electrons. The molecule has 0 spiro atoms. The second-order valence-electron chi connectivity index (χ2n) is 4.34. The van der Waals surface area contributed by atoms with E-state index in [1.54, 1.807) is 11.3 Å². The van der Waals surface area contributed by atoms with Gasteiger partial charge in [0, 0.05) is 11.3 Å². The molecule has 1 aromatic rings. The van der Waals surface area contributed by atoms with Crippen LogP contribution >= 0.6 is 11.3 Å². The Labute approximate surface area is 104 Å². The van der Waals surface area contributed by atoms with Crippen molar-refractivity contribution in [1.82, 2.24) is 0 Å². The van der Waals surface area contributed by atoms with Crippen LogP contribution in [0.25, 0.3) is 0 Å². The van der Waals surface area contributed by atoms with E-state index < -0.39 is 11.8 Å². The molecule has 0 aromatic carbocycles. The quantitative estimate of drug-likeness (QED) is 0.899. The second-order valence-corrected chi connectivity index (χ2v) is 5.63. The summed E-state index contributed by atoms with van der Waals surface area (Å²) in [6.07, 6.45) is 0.488. The molecule has 4 nitrogen and oxygen atoms in total. The summed E-state index contributed by atoms with van der Waals surface area (Å²) in [4.78, 5) is 12.7. The summed E-state index contributed by atoms with van der Waals surface area (Å²) in [7, 11) is 0. The van der Waals surface area contributed by atoms with Gasteiger partial charge >= 0.3 is 5.97 Å². The fourth-order valence-electron chi connectivity index (χ4n) is 1.87. The molecule has 1 N–H and O–H groups in total. The molecule has 94 valence electrons. The summed E-state index contributed by atoms with van der Waals surface area (Å²) in [5, 5.41) is 8.63. The lowest BCUT2D eigenvalue weighted by Gasteiger charge is -2.21. The highest BCUT2D eigenvalue weighted by Gasteiger charge is 2.39. The van der Waals surface area contributed by atoms with Gasteiger partial charge in [0.15, 0.2) is 0 Å². The van der Waals surface area contributed by atoms with E-state index >= 15 is 0 Å². The number of carboxylic acids is 1. The highest BCUT2D eigenvalue weighted by Crippen LogP contribution is 2.38. The zero-order valence-electron chi connectivity index (χ0n) is 9.93. The molecule has 1 aliphatic heterocycles. The van der Waals surface area contributed by atoms with E-state index in [4.69, 9.17) is 14.6 Å². The fourth-order valence-corrected chi connectivity index (χ4v) is 2.78. The van der Waals surface area contributed by atoms with Gasteiger partial charge in [-0.15, -0.1) is 11.3 Å². The first kappa shape index (κ1) is 12.5. The normalized spacial score (nSPS) is 28.5. The van der Waals surface area contributed by atoms with Crippen LogP contribution in [0, 0.1) is 6.92 Å². The molecule has 0 bridgehead atoms. The topological polar surface area (TPSA) is 55.8 Å². The van der Waals surface area contributed by atoms with Gasteiger partial charge in [-0.3, -0.25) is 4.79 Å². The Kier molecular flexibility index (Phi) is 3.51. The van der Waals surface area contributed by atoms with Crippen molar-refractivity contribution < 1.29 is 19.4 Å². The van der Waals surface area contributed by atoms with Crippen LogP contribution in [0.2, 0.25) is 0 Å². The Balaban J connectivity index is 1.98. The van der Waals surface area contributed by atoms with Crippen molar-refractivity contribution >= 4 is 17.3 Å². The highest BCUT2D eigenvalue weighted by atomic mass is 32.1. The monoisotopic (exact) mass is 256 g/mol. The van der Waals surface area contributed by atoms with Crippen molar-refractivity contribution in [2.24, 2.45) is 0 Å². The standard InChI is InChI=1S/C12H16O4S/c1-8-3-5-10(17-8)12(2)15-7-9(16-12)4-6-11(13)14/h3,5,9H,4,6-7H2,1-2H3,(H,13,14). The molecule has 1 aromatic heterocycles. The third-order valence-electron chi connectivity index (χ3n) is 2.80. The fraction of sp³-hybridized carbons (Fsp3) is 0.583. The number of rotatable bonds is 4. The number of aliphatic carboxylic acids is 1. The van der Waals surface area contributed by atoms with Gasteiger partial charge in [0.2, 0.25) is 5.79 Å². The number of ether oxygens (including phenoxy) is 2. The number of hydrogen-bond donors (Lipinski definition) is 1. The largest absolute Gasteiger partial charge is 0.481 e. The number of carbonyl (C=O) groups is 1. The van der Waals surface area contributed by atoms with Gasteiger partial charge in [-0.1, -0.05) is 0 Å². The van der Waals surface area contributed by atoms with E-state index in [9.17, 15) is 4.79 Å². The van der Waals surface area contributed by atoms with Gasteiger partial charge in [-0.05, 0) is 32.4 Å². The van der Waals surface area contributed by atoms with Gasteiger partial charge in [0.1, 0.15) is 0 Å². The predicted octanol–water partition coefficient (Wildman–Crippen LogP) is 2.51. The van der Waals surface area contributed by atoms with Crippen LogP contribution in [0.1, 0.15) is 29.5 Å². The average molecular weight is 256 g/mol. The summed E-state index contributed by atoms with van der Waals surface area (Å²) in [6.45, 7) is 4.38. The molecule has 0 aliphatic carbocycles. The number of carboxylic acid groups (broad SMARTS) is 1. The summed E-state index contributed by atoms with van der Waals surface area (Å²) in [6, 6.07) is 4.03.